The summed E-state index contributed by atoms with van der Waals surface area (Å²) in [5, 5.41) is 18.8. The monoisotopic (exact) mass is 548 g/mol. The highest BCUT2D eigenvalue weighted by Gasteiger charge is 2.12. The Morgan fingerprint density at radius 3 is 1.33 bits per heavy atom. The Labute approximate surface area is 250 Å². The summed E-state index contributed by atoms with van der Waals surface area (Å²) < 4.78 is 0. The van der Waals surface area contributed by atoms with E-state index in [0.29, 0.717) is 0 Å². The van der Waals surface area contributed by atoms with E-state index in [1.54, 1.807) is 0 Å². The molecule has 0 saturated carbocycles. The van der Waals surface area contributed by atoms with Crippen molar-refractivity contribution in [1.82, 2.24) is 0 Å². The molecular formula is C42H28O. The van der Waals surface area contributed by atoms with E-state index in [-0.39, 0.29) is 5.75 Å². The van der Waals surface area contributed by atoms with Crippen LogP contribution in [0.1, 0.15) is 0 Å². The van der Waals surface area contributed by atoms with Gasteiger partial charge in [0.2, 0.25) is 0 Å². The molecule has 0 fully saturated rings. The average molecular weight is 549 g/mol. The van der Waals surface area contributed by atoms with Crippen LogP contribution in [0.4, 0.5) is 0 Å². The topological polar surface area (TPSA) is 20.2 Å². The maximum atomic E-state index is 11.3. The fourth-order valence-electron chi connectivity index (χ4n) is 6.39. The molecule has 0 spiro atoms. The maximum absolute atomic E-state index is 11.3. The van der Waals surface area contributed by atoms with Gasteiger partial charge in [0.25, 0.3) is 0 Å². The van der Waals surface area contributed by atoms with Crippen LogP contribution >= 0.6 is 0 Å². The van der Waals surface area contributed by atoms with E-state index in [1.165, 1.54) is 43.4 Å². The van der Waals surface area contributed by atoms with Gasteiger partial charge in [0.1, 0.15) is 5.75 Å². The van der Waals surface area contributed by atoms with Crippen LogP contribution in [0.25, 0.3) is 76.8 Å². The predicted octanol–water partition coefficient (Wildman–Crippen LogP) is 11.5. The molecule has 0 bridgehead atoms. The quantitative estimate of drug-likeness (QED) is 0.217. The molecule has 0 heterocycles. The first-order valence-corrected chi connectivity index (χ1v) is 14.7. The number of aromatic hydroxyl groups is 1. The normalized spacial score (nSPS) is 11.3. The highest BCUT2D eigenvalue weighted by Crippen LogP contribution is 2.39. The molecule has 0 aliphatic carbocycles. The van der Waals surface area contributed by atoms with Crippen molar-refractivity contribution in [3.8, 4) is 50.3 Å². The Bertz CT molecular complexity index is 2240. The van der Waals surface area contributed by atoms with Crippen molar-refractivity contribution in [2.45, 2.75) is 0 Å². The van der Waals surface area contributed by atoms with E-state index < -0.39 is 0 Å². The van der Waals surface area contributed by atoms with Crippen molar-refractivity contribution >= 4 is 32.3 Å². The first-order chi connectivity index (χ1) is 21.2. The third-order valence-corrected chi connectivity index (χ3v) is 8.57. The Balaban J connectivity index is 1.15. The molecular weight excluding hydrogens is 520 g/mol. The number of hydrogen-bond acceptors (Lipinski definition) is 1. The van der Waals surface area contributed by atoms with Gasteiger partial charge in [-0.2, -0.15) is 0 Å². The molecule has 0 unspecified atom stereocenters. The minimum atomic E-state index is 0.276. The lowest BCUT2D eigenvalue weighted by molar-refractivity contribution is 0.477. The lowest BCUT2D eigenvalue weighted by Gasteiger charge is -2.13. The molecule has 202 valence electrons. The van der Waals surface area contributed by atoms with Crippen molar-refractivity contribution in [2.24, 2.45) is 0 Å². The van der Waals surface area contributed by atoms with Crippen molar-refractivity contribution in [2.75, 3.05) is 0 Å². The molecule has 0 atom stereocenters. The van der Waals surface area contributed by atoms with Crippen LogP contribution in [-0.4, -0.2) is 5.11 Å². The number of phenols is 1. The van der Waals surface area contributed by atoms with E-state index in [9.17, 15) is 5.11 Å². The Hall–Kier alpha value is -5.66. The molecule has 1 N–H and O–H groups in total. The molecule has 8 aromatic carbocycles. The number of benzene rings is 8. The molecule has 0 saturated heterocycles. The average Bonchev–Trinajstić information content (AvgIpc) is 3.09. The largest absolute Gasteiger partial charge is 0.507 e. The summed E-state index contributed by atoms with van der Waals surface area (Å²) >= 11 is 0. The lowest BCUT2D eigenvalue weighted by Crippen LogP contribution is -1.86. The van der Waals surface area contributed by atoms with Gasteiger partial charge in [0, 0.05) is 5.56 Å². The SMILES string of the molecule is Oc1cc(-c2ccc3c4ccccc4c4ccccc4c3c2)ccc1-c1cccc(-c2ccc(-c3ccccc3)cc2)c1. The van der Waals surface area contributed by atoms with Gasteiger partial charge in [-0.1, -0.05) is 146 Å². The molecule has 0 aliphatic rings. The van der Waals surface area contributed by atoms with E-state index in [0.717, 1.165) is 33.4 Å². The smallest absolute Gasteiger partial charge is 0.124 e. The molecule has 8 rings (SSSR count). The van der Waals surface area contributed by atoms with Crippen molar-refractivity contribution < 1.29 is 5.11 Å². The second-order valence-corrected chi connectivity index (χ2v) is 11.1. The molecule has 1 nitrogen and oxygen atoms in total. The van der Waals surface area contributed by atoms with Crippen LogP contribution in [0, 0.1) is 0 Å². The van der Waals surface area contributed by atoms with Gasteiger partial charge in [0.15, 0.2) is 0 Å². The van der Waals surface area contributed by atoms with E-state index in [4.69, 9.17) is 0 Å². The number of phenolic OH excluding ortho intramolecular Hbond substituents is 1. The van der Waals surface area contributed by atoms with Crippen molar-refractivity contribution in [3.63, 3.8) is 0 Å². The Morgan fingerprint density at radius 2 is 0.674 bits per heavy atom. The third-order valence-electron chi connectivity index (χ3n) is 8.57. The van der Waals surface area contributed by atoms with E-state index >= 15 is 0 Å². The molecule has 1 heteroatoms. The minimum Gasteiger partial charge on any atom is -0.507 e. The van der Waals surface area contributed by atoms with E-state index in [1.807, 2.05) is 18.2 Å². The zero-order valence-corrected chi connectivity index (χ0v) is 23.5. The molecule has 0 aromatic heterocycles. The first-order valence-electron chi connectivity index (χ1n) is 14.7. The second-order valence-electron chi connectivity index (χ2n) is 11.1. The molecule has 0 amide bonds. The Morgan fingerprint density at radius 1 is 0.256 bits per heavy atom. The van der Waals surface area contributed by atoms with Crippen LogP contribution in [0.5, 0.6) is 5.75 Å². The van der Waals surface area contributed by atoms with Crippen LogP contribution < -0.4 is 0 Å². The summed E-state index contributed by atoms with van der Waals surface area (Å²) in [7, 11) is 0. The molecule has 43 heavy (non-hydrogen) atoms. The summed E-state index contributed by atoms with van der Waals surface area (Å²) in [4.78, 5) is 0. The molecule has 0 aliphatic heterocycles. The van der Waals surface area contributed by atoms with Crippen molar-refractivity contribution in [3.05, 3.63) is 164 Å². The predicted molar refractivity (Wildman–Crippen MR) is 182 cm³/mol. The number of rotatable bonds is 4. The zero-order chi connectivity index (χ0) is 28.8. The molecule has 0 radical (unpaired) electrons. The van der Waals surface area contributed by atoms with Crippen LogP contribution in [-0.2, 0) is 0 Å². The standard InChI is InChI=1S/C42H28O/c43-42-27-33(32-22-24-40-38-15-5-4-13-36(38)37-14-6-7-16-39(37)41(40)26-32)21-23-35(42)34-12-8-11-31(25-34)30-19-17-29(18-20-30)28-9-2-1-3-10-28/h1-27,43H. The second kappa shape index (κ2) is 10.3. The van der Waals surface area contributed by atoms with Gasteiger partial charge in [-0.25, -0.2) is 0 Å². The van der Waals surface area contributed by atoms with Gasteiger partial charge in [-0.05, 0) is 89.5 Å². The van der Waals surface area contributed by atoms with Crippen molar-refractivity contribution in [1.29, 1.82) is 0 Å². The fourth-order valence-corrected chi connectivity index (χ4v) is 6.39. The number of fused-ring (bicyclic) bond motifs is 6. The maximum Gasteiger partial charge on any atom is 0.124 e. The van der Waals surface area contributed by atoms with Gasteiger partial charge in [-0.15, -0.1) is 0 Å². The summed E-state index contributed by atoms with van der Waals surface area (Å²) in [6.45, 7) is 0. The van der Waals surface area contributed by atoms with Gasteiger partial charge in [-0.3, -0.25) is 0 Å². The van der Waals surface area contributed by atoms with Gasteiger partial charge < -0.3 is 5.11 Å². The third kappa shape index (κ3) is 4.43. The van der Waals surface area contributed by atoms with Crippen LogP contribution in [0.15, 0.2) is 164 Å². The van der Waals surface area contributed by atoms with Crippen LogP contribution in [0.3, 0.4) is 0 Å². The van der Waals surface area contributed by atoms with Gasteiger partial charge in [0.05, 0.1) is 0 Å². The summed E-state index contributed by atoms with van der Waals surface area (Å²) in [5.74, 6) is 0.276. The summed E-state index contributed by atoms with van der Waals surface area (Å²) in [6, 6.07) is 57.4. The number of hydrogen-bond donors (Lipinski definition) is 1. The highest BCUT2D eigenvalue weighted by atomic mass is 16.3. The fraction of sp³-hybridized carbons (Fsp3) is 0. The van der Waals surface area contributed by atoms with Gasteiger partial charge >= 0.3 is 0 Å². The Kier molecular flexibility index (Phi) is 6.02. The first kappa shape index (κ1) is 25.1. The summed E-state index contributed by atoms with van der Waals surface area (Å²) in [5.41, 5.74) is 8.57. The minimum absolute atomic E-state index is 0.276. The lowest BCUT2D eigenvalue weighted by atomic mass is 9.91. The highest BCUT2D eigenvalue weighted by molar-refractivity contribution is 6.25. The van der Waals surface area contributed by atoms with E-state index in [2.05, 4.69) is 146 Å². The summed E-state index contributed by atoms with van der Waals surface area (Å²) in [6.07, 6.45) is 0. The zero-order valence-electron chi connectivity index (χ0n) is 23.5. The molecule has 8 aromatic rings. The van der Waals surface area contributed by atoms with Crippen LogP contribution in [0.2, 0.25) is 0 Å².